The zero-order valence-corrected chi connectivity index (χ0v) is 17.6. The summed E-state index contributed by atoms with van der Waals surface area (Å²) in [5.74, 6) is -0.0651. The van der Waals surface area contributed by atoms with Gasteiger partial charge in [-0.05, 0) is 6.42 Å². The molecule has 0 unspecified atom stereocenters. The largest absolute Gasteiger partial charge is 0.469 e. The fourth-order valence-electron chi connectivity index (χ4n) is 2.74. The van der Waals surface area contributed by atoms with Gasteiger partial charge in [-0.15, -0.1) is 0 Å². The number of hydrogen-bond donors (Lipinski definition) is 0. The van der Waals surface area contributed by atoms with Crippen LogP contribution in [0.25, 0.3) is 0 Å². The van der Waals surface area contributed by atoms with E-state index in [1.165, 1.54) is 97.0 Å². The van der Waals surface area contributed by atoms with Crippen molar-refractivity contribution in [3.63, 3.8) is 0 Å². The Morgan fingerprint density at radius 1 is 0.636 bits per heavy atom. The number of rotatable bonds is 16. The molecule has 0 aliphatic heterocycles. The SMILES string of the molecule is CCCCCCCCCCCCCCCCCC(=O)OC.[Na]. The molecule has 0 aliphatic carbocycles. The maximum Gasteiger partial charge on any atom is 0.305 e. The average molecular weight is 322 g/mol. The third-order valence-corrected chi connectivity index (χ3v) is 4.21. The summed E-state index contributed by atoms with van der Waals surface area (Å²) in [5, 5.41) is 0. The molecule has 0 rings (SSSR count). The molecule has 3 heteroatoms. The predicted molar refractivity (Wildman–Crippen MR) is 97.3 cm³/mol. The molecule has 0 aromatic rings. The molecule has 0 aliphatic rings. The summed E-state index contributed by atoms with van der Waals surface area (Å²) < 4.78 is 4.63. The van der Waals surface area contributed by atoms with E-state index in [0.29, 0.717) is 6.42 Å². The van der Waals surface area contributed by atoms with Gasteiger partial charge in [-0.25, -0.2) is 0 Å². The monoisotopic (exact) mass is 321 g/mol. The molecular weight excluding hydrogens is 283 g/mol. The molecule has 0 saturated carbocycles. The first-order valence-electron chi connectivity index (χ1n) is 9.38. The van der Waals surface area contributed by atoms with E-state index in [0.717, 1.165) is 6.42 Å². The Labute approximate surface area is 161 Å². The maximum absolute atomic E-state index is 10.9. The number of unbranched alkanes of at least 4 members (excludes halogenated alkanes) is 14. The van der Waals surface area contributed by atoms with Crippen LogP contribution in [0.4, 0.5) is 0 Å². The van der Waals surface area contributed by atoms with Crippen molar-refractivity contribution in [3.05, 3.63) is 0 Å². The van der Waals surface area contributed by atoms with Gasteiger partial charge >= 0.3 is 5.97 Å². The second-order valence-electron chi connectivity index (χ2n) is 6.28. The summed E-state index contributed by atoms with van der Waals surface area (Å²) in [6.07, 6.45) is 20.9. The summed E-state index contributed by atoms with van der Waals surface area (Å²) in [5.41, 5.74) is 0. The van der Waals surface area contributed by atoms with E-state index in [1.807, 2.05) is 0 Å². The molecule has 0 bridgehead atoms. The van der Waals surface area contributed by atoms with Crippen LogP contribution < -0.4 is 0 Å². The van der Waals surface area contributed by atoms with Crippen molar-refractivity contribution in [3.8, 4) is 0 Å². The number of esters is 1. The zero-order chi connectivity index (χ0) is 15.6. The first-order valence-corrected chi connectivity index (χ1v) is 9.38. The van der Waals surface area contributed by atoms with Crippen molar-refractivity contribution in [2.75, 3.05) is 7.11 Å². The van der Waals surface area contributed by atoms with Crippen molar-refractivity contribution in [1.29, 1.82) is 0 Å². The molecule has 0 heterocycles. The molecule has 0 N–H and O–H groups in total. The Bertz CT molecular complexity index is 219. The van der Waals surface area contributed by atoms with Crippen LogP contribution in [0, 0.1) is 0 Å². The molecule has 0 fully saturated rings. The smallest absolute Gasteiger partial charge is 0.305 e. The van der Waals surface area contributed by atoms with Crippen LogP contribution in [0.1, 0.15) is 110 Å². The molecule has 127 valence electrons. The van der Waals surface area contributed by atoms with Gasteiger partial charge in [-0.2, -0.15) is 0 Å². The predicted octanol–water partition coefficient (Wildman–Crippen LogP) is 6.04. The number of carbonyl (C=O) groups is 1. The van der Waals surface area contributed by atoms with E-state index in [2.05, 4.69) is 11.7 Å². The topological polar surface area (TPSA) is 26.3 Å². The third-order valence-electron chi connectivity index (χ3n) is 4.21. The fraction of sp³-hybridized carbons (Fsp3) is 0.947. The van der Waals surface area contributed by atoms with E-state index in [4.69, 9.17) is 0 Å². The standard InChI is InChI=1S/C19H38O2.Na/c1-3-4-5-6-7-8-9-10-11-12-13-14-15-16-17-18-19(20)21-2;/h3-18H2,1-2H3;. The van der Waals surface area contributed by atoms with Crippen molar-refractivity contribution in [2.24, 2.45) is 0 Å². The van der Waals surface area contributed by atoms with Crippen molar-refractivity contribution in [2.45, 2.75) is 110 Å². The summed E-state index contributed by atoms with van der Waals surface area (Å²) >= 11 is 0. The van der Waals surface area contributed by atoms with E-state index < -0.39 is 0 Å². The van der Waals surface area contributed by atoms with Crippen molar-refractivity contribution >= 4 is 35.5 Å². The van der Waals surface area contributed by atoms with Gasteiger partial charge < -0.3 is 4.74 Å². The molecule has 0 aromatic heterocycles. The molecule has 2 nitrogen and oxygen atoms in total. The Kier molecular flexibility index (Phi) is 24.1. The molecule has 0 spiro atoms. The van der Waals surface area contributed by atoms with Crippen LogP contribution in [0.2, 0.25) is 0 Å². The average Bonchev–Trinajstić information content (AvgIpc) is 2.50. The van der Waals surface area contributed by atoms with Gasteiger partial charge in [-0.3, -0.25) is 4.79 Å². The van der Waals surface area contributed by atoms with Crippen LogP contribution in [0.5, 0.6) is 0 Å². The van der Waals surface area contributed by atoms with Gasteiger partial charge in [-0.1, -0.05) is 96.8 Å². The number of ether oxygens (including phenoxy) is 1. The van der Waals surface area contributed by atoms with E-state index >= 15 is 0 Å². The van der Waals surface area contributed by atoms with Gasteiger partial charge in [0.25, 0.3) is 0 Å². The minimum Gasteiger partial charge on any atom is -0.469 e. The van der Waals surface area contributed by atoms with Gasteiger partial charge in [0.2, 0.25) is 0 Å². The van der Waals surface area contributed by atoms with Crippen LogP contribution in [0.15, 0.2) is 0 Å². The number of hydrogen-bond acceptors (Lipinski definition) is 2. The van der Waals surface area contributed by atoms with Gasteiger partial charge in [0.05, 0.1) is 7.11 Å². The molecular formula is C19H38NaO2. The maximum atomic E-state index is 10.9. The molecule has 22 heavy (non-hydrogen) atoms. The number of methoxy groups -OCH3 is 1. The summed E-state index contributed by atoms with van der Waals surface area (Å²) in [6, 6.07) is 0. The van der Waals surface area contributed by atoms with Crippen molar-refractivity contribution < 1.29 is 9.53 Å². The zero-order valence-electron chi connectivity index (χ0n) is 15.6. The minimum absolute atomic E-state index is 0. The van der Waals surface area contributed by atoms with E-state index in [-0.39, 0.29) is 35.5 Å². The normalized spacial score (nSPS) is 10.3. The van der Waals surface area contributed by atoms with E-state index in [9.17, 15) is 4.79 Å². The first kappa shape index (κ1) is 24.7. The summed E-state index contributed by atoms with van der Waals surface area (Å²) in [7, 11) is 1.47. The Hall–Kier alpha value is 0.470. The second-order valence-corrected chi connectivity index (χ2v) is 6.28. The molecule has 0 amide bonds. The molecule has 0 saturated heterocycles. The van der Waals surface area contributed by atoms with Gasteiger partial charge in [0, 0.05) is 36.0 Å². The number of carbonyl (C=O) groups excluding carboxylic acids is 1. The van der Waals surface area contributed by atoms with Gasteiger partial charge in [0.15, 0.2) is 0 Å². The Morgan fingerprint density at radius 2 is 0.955 bits per heavy atom. The molecule has 1 radical (unpaired) electrons. The van der Waals surface area contributed by atoms with E-state index in [1.54, 1.807) is 0 Å². The van der Waals surface area contributed by atoms with Crippen LogP contribution in [-0.4, -0.2) is 42.6 Å². The van der Waals surface area contributed by atoms with Gasteiger partial charge in [0.1, 0.15) is 0 Å². The van der Waals surface area contributed by atoms with Crippen LogP contribution in [0.3, 0.4) is 0 Å². The fourth-order valence-corrected chi connectivity index (χ4v) is 2.74. The quantitative estimate of drug-likeness (QED) is 0.197. The second kappa shape index (κ2) is 21.5. The molecule has 0 aromatic carbocycles. The summed E-state index contributed by atoms with van der Waals surface area (Å²) in [6.45, 7) is 2.28. The third kappa shape index (κ3) is 20.5. The van der Waals surface area contributed by atoms with Crippen LogP contribution in [-0.2, 0) is 9.53 Å². The first-order chi connectivity index (χ1) is 10.3. The van der Waals surface area contributed by atoms with Crippen LogP contribution >= 0.6 is 0 Å². The Balaban J connectivity index is 0. The molecule has 0 atom stereocenters. The minimum atomic E-state index is -0.0651. The Morgan fingerprint density at radius 3 is 1.27 bits per heavy atom. The summed E-state index contributed by atoms with van der Waals surface area (Å²) in [4.78, 5) is 10.9. The van der Waals surface area contributed by atoms with Crippen molar-refractivity contribution in [1.82, 2.24) is 0 Å².